The predicted molar refractivity (Wildman–Crippen MR) is 50.1 cm³/mol. The standard InChI is InChI=1S/C7H13N3OS/c1-5(2)12(11)10-6(3)7(8)4-9-10/h4-5H,8H2,1-3H3. The van der Waals surface area contributed by atoms with Crippen molar-refractivity contribution < 1.29 is 4.55 Å². The molecule has 1 unspecified atom stereocenters. The molecule has 2 N–H and O–H groups in total. The van der Waals surface area contributed by atoms with E-state index in [2.05, 4.69) is 5.10 Å². The Morgan fingerprint density at radius 3 is 2.58 bits per heavy atom. The molecule has 12 heavy (non-hydrogen) atoms. The Morgan fingerprint density at radius 1 is 1.67 bits per heavy atom. The maximum absolute atomic E-state index is 11.5. The van der Waals surface area contributed by atoms with Crippen molar-refractivity contribution in [2.45, 2.75) is 26.0 Å². The van der Waals surface area contributed by atoms with Crippen molar-refractivity contribution in [1.29, 1.82) is 0 Å². The molecule has 5 heteroatoms. The molecule has 1 atom stereocenters. The molecule has 0 aliphatic rings. The zero-order valence-corrected chi connectivity index (χ0v) is 8.26. The molecule has 0 amide bonds. The highest BCUT2D eigenvalue weighted by Gasteiger charge is 2.18. The van der Waals surface area contributed by atoms with Gasteiger partial charge in [0.2, 0.25) is 0 Å². The molecule has 0 spiro atoms. The third-order valence-electron chi connectivity index (χ3n) is 1.58. The van der Waals surface area contributed by atoms with Crippen molar-refractivity contribution in [3.05, 3.63) is 11.9 Å². The molecule has 0 saturated carbocycles. The Hall–Kier alpha value is -0.680. The van der Waals surface area contributed by atoms with E-state index in [1.807, 2.05) is 20.8 Å². The van der Waals surface area contributed by atoms with Crippen molar-refractivity contribution in [2.75, 3.05) is 5.73 Å². The number of anilines is 1. The lowest BCUT2D eigenvalue weighted by Crippen LogP contribution is -2.24. The number of nitrogens with zero attached hydrogens (tertiary/aromatic N) is 2. The number of nitrogens with two attached hydrogens (primary N) is 1. The SMILES string of the molecule is Cc1c(N)cnn1[S+]([O-])C(C)C. The Balaban J connectivity index is 2.95. The van der Waals surface area contributed by atoms with Gasteiger partial charge in [0, 0.05) is 0 Å². The van der Waals surface area contributed by atoms with E-state index in [0.29, 0.717) is 5.69 Å². The molecular weight excluding hydrogens is 174 g/mol. The molecular formula is C7H13N3OS. The van der Waals surface area contributed by atoms with Gasteiger partial charge in [0.1, 0.15) is 10.9 Å². The molecule has 0 saturated heterocycles. The number of rotatable bonds is 2. The minimum atomic E-state index is -1.10. The van der Waals surface area contributed by atoms with Crippen molar-refractivity contribution in [3.63, 3.8) is 0 Å². The van der Waals surface area contributed by atoms with E-state index < -0.39 is 11.4 Å². The zero-order chi connectivity index (χ0) is 9.30. The maximum atomic E-state index is 11.5. The minimum Gasteiger partial charge on any atom is -0.591 e. The lowest BCUT2D eigenvalue weighted by atomic mass is 10.4. The van der Waals surface area contributed by atoms with Crippen molar-refractivity contribution in [1.82, 2.24) is 9.19 Å². The third kappa shape index (κ3) is 1.56. The number of nitrogen functional groups attached to an aromatic ring is 1. The van der Waals surface area contributed by atoms with Gasteiger partial charge in [0.15, 0.2) is 0 Å². The van der Waals surface area contributed by atoms with Crippen LogP contribution in [0.4, 0.5) is 5.69 Å². The summed E-state index contributed by atoms with van der Waals surface area (Å²) in [6.07, 6.45) is 1.52. The van der Waals surface area contributed by atoms with Gasteiger partial charge in [-0.1, -0.05) is 4.09 Å². The van der Waals surface area contributed by atoms with Crippen molar-refractivity contribution in [2.24, 2.45) is 0 Å². The van der Waals surface area contributed by atoms with E-state index in [4.69, 9.17) is 5.73 Å². The first kappa shape index (κ1) is 9.41. The van der Waals surface area contributed by atoms with Crippen LogP contribution in [0.3, 0.4) is 0 Å². The second-order valence-corrected chi connectivity index (χ2v) is 4.72. The van der Waals surface area contributed by atoms with Crippen molar-refractivity contribution >= 4 is 17.0 Å². The summed E-state index contributed by atoms with van der Waals surface area (Å²) in [5.41, 5.74) is 6.91. The molecule has 1 heterocycles. The summed E-state index contributed by atoms with van der Waals surface area (Å²) in [6, 6.07) is 0. The third-order valence-corrected chi connectivity index (χ3v) is 3.10. The topological polar surface area (TPSA) is 66.9 Å². The number of aromatic nitrogens is 2. The first-order valence-electron chi connectivity index (χ1n) is 3.75. The molecule has 68 valence electrons. The molecule has 1 rings (SSSR count). The highest BCUT2D eigenvalue weighted by Crippen LogP contribution is 2.13. The van der Waals surface area contributed by atoms with E-state index in [1.54, 1.807) is 0 Å². The Kier molecular flexibility index (Phi) is 2.64. The van der Waals surface area contributed by atoms with Gasteiger partial charge < -0.3 is 10.3 Å². The Morgan fingerprint density at radius 2 is 2.25 bits per heavy atom. The molecule has 0 aromatic carbocycles. The summed E-state index contributed by atoms with van der Waals surface area (Å²) in [5, 5.41) is 3.99. The first-order chi connectivity index (χ1) is 5.54. The molecule has 1 aromatic heterocycles. The fourth-order valence-electron chi connectivity index (χ4n) is 0.786. The van der Waals surface area contributed by atoms with Crippen LogP contribution in [0.1, 0.15) is 19.5 Å². The van der Waals surface area contributed by atoms with Gasteiger partial charge in [-0.3, -0.25) is 0 Å². The van der Waals surface area contributed by atoms with Crippen LogP contribution in [0.2, 0.25) is 0 Å². The van der Waals surface area contributed by atoms with Crippen LogP contribution in [0.25, 0.3) is 0 Å². The van der Waals surface area contributed by atoms with E-state index in [-0.39, 0.29) is 5.25 Å². The predicted octanol–water partition coefficient (Wildman–Crippen LogP) is 0.694. The van der Waals surface area contributed by atoms with Crippen LogP contribution in [-0.4, -0.2) is 19.0 Å². The fraction of sp³-hybridized carbons (Fsp3) is 0.571. The summed E-state index contributed by atoms with van der Waals surface area (Å²) >= 11 is -1.10. The van der Waals surface area contributed by atoms with Gasteiger partial charge in [-0.25, -0.2) is 0 Å². The minimum absolute atomic E-state index is 0.0583. The highest BCUT2D eigenvalue weighted by atomic mass is 32.2. The summed E-state index contributed by atoms with van der Waals surface area (Å²) < 4.78 is 13.0. The lowest BCUT2D eigenvalue weighted by Gasteiger charge is -2.13. The number of hydrogen-bond acceptors (Lipinski definition) is 3. The maximum Gasteiger partial charge on any atom is 0.137 e. The van der Waals surface area contributed by atoms with Gasteiger partial charge in [-0.2, -0.15) is 0 Å². The van der Waals surface area contributed by atoms with Crippen LogP contribution in [0.5, 0.6) is 0 Å². The first-order valence-corrected chi connectivity index (χ1v) is 4.92. The lowest BCUT2D eigenvalue weighted by molar-refractivity contribution is 0.568. The van der Waals surface area contributed by atoms with E-state index in [1.165, 1.54) is 10.3 Å². The Labute approximate surface area is 75.1 Å². The van der Waals surface area contributed by atoms with Crippen LogP contribution < -0.4 is 5.73 Å². The van der Waals surface area contributed by atoms with Gasteiger partial charge in [0.25, 0.3) is 0 Å². The highest BCUT2D eigenvalue weighted by molar-refractivity contribution is 7.90. The summed E-state index contributed by atoms with van der Waals surface area (Å²) in [6.45, 7) is 5.57. The van der Waals surface area contributed by atoms with Crippen LogP contribution in [0, 0.1) is 6.92 Å². The Bertz CT molecular complexity index is 272. The molecule has 0 radical (unpaired) electrons. The molecule has 0 aliphatic heterocycles. The largest absolute Gasteiger partial charge is 0.591 e. The zero-order valence-electron chi connectivity index (χ0n) is 7.44. The van der Waals surface area contributed by atoms with Crippen LogP contribution in [0.15, 0.2) is 6.20 Å². The fourth-order valence-corrected chi connectivity index (χ4v) is 1.70. The van der Waals surface area contributed by atoms with Crippen molar-refractivity contribution in [3.8, 4) is 0 Å². The molecule has 1 aromatic rings. The van der Waals surface area contributed by atoms with E-state index in [0.717, 1.165) is 5.69 Å². The summed E-state index contributed by atoms with van der Waals surface area (Å²) in [4.78, 5) is 0. The quantitative estimate of drug-likeness (QED) is 0.693. The molecule has 0 aliphatic carbocycles. The van der Waals surface area contributed by atoms with E-state index >= 15 is 0 Å². The summed E-state index contributed by atoms with van der Waals surface area (Å²) in [5.74, 6) is 0. The van der Waals surface area contributed by atoms with Crippen LogP contribution >= 0.6 is 0 Å². The van der Waals surface area contributed by atoms with Gasteiger partial charge in [-0.05, 0) is 20.8 Å². The normalized spacial score (nSPS) is 13.8. The molecule has 0 fully saturated rings. The molecule has 4 nitrogen and oxygen atoms in total. The second-order valence-electron chi connectivity index (χ2n) is 2.88. The van der Waals surface area contributed by atoms with Gasteiger partial charge >= 0.3 is 0 Å². The smallest absolute Gasteiger partial charge is 0.137 e. The molecule has 0 bridgehead atoms. The van der Waals surface area contributed by atoms with Gasteiger partial charge in [-0.15, -0.1) is 5.10 Å². The average Bonchev–Trinajstić information content (AvgIpc) is 2.32. The monoisotopic (exact) mass is 187 g/mol. The number of hydrogen-bond donors (Lipinski definition) is 1. The van der Waals surface area contributed by atoms with Crippen LogP contribution in [-0.2, 0) is 11.4 Å². The second kappa shape index (κ2) is 3.37. The van der Waals surface area contributed by atoms with E-state index in [9.17, 15) is 4.55 Å². The summed E-state index contributed by atoms with van der Waals surface area (Å²) in [7, 11) is 0. The van der Waals surface area contributed by atoms with Gasteiger partial charge in [0.05, 0.1) is 23.2 Å². The average molecular weight is 187 g/mol.